The molecule has 30 heavy (non-hydrogen) atoms. The number of sulfonamides is 1. The standard InChI is InChI=1S/C21H23ClFNO5S/c1-11-5-6-16(23)18(13(11)3)14(4)19(21(25)26)24-7-8-29-17-10-15(22)9-12(2)20(17)30(24,27)28/h5-6,9-10,14,19H,7-8H2,1-4H3,(H,25,26)/t14?,19-/m0/s1. The van der Waals surface area contributed by atoms with E-state index in [4.69, 9.17) is 16.3 Å². The molecule has 0 fully saturated rings. The van der Waals surface area contributed by atoms with Gasteiger partial charge < -0.3 is 9.84 Å². The van der Waals surface area contributed by atoms with Crippen molar-refractivity contribution in [3.63, 3.8) is 0 Å². The Morgan fingerprint density at radius 2 is 1.90 bits per heavy atom. The topological polar surface area (TPSA) is 83.9 Å². The molecule has 162 valence electrons. The summed E-state index contributed by atoms with van der Waals surface area (Å²) in [6.45, 7) is 6.34. The van der Waals surface area contributed by atoms with Gasteiger partial charge in [0.1, 0.15) is 29.1 Å². The number of aryl methyl sites for hydroxylation is 2. The van der Waals surface area contributed by atoms with E-state index in [2.05, 4.69) is 0 Å². The zero-order valence-corrected chi connectivity index (χ0v) is 18.6. The molecule has 1 unspecified atom stereocenters. The average Bonchev–Trinajstić information content (AvgIpc) is 2.75. The number of carboxylic acid groups (broad SMARTS) is 1. The van der Waals surface area contributed by atoms with Crippen molar-refractivity contribution in [1.82, 2.24) is 4.31 Å². The number of rotatable bonds is 4. The number of nitrogens with zero attached hydrogens (tertiary/aromatic N) is 1. The third-order valence-corrected chi connectivity index (χ3v) is 7.85. The first-order valence-corrected chi connectivity index (χ1v) is 11.2. The van der Waals surface area contributed by atoms with Crippen LogP contribution in [0.4, 0.5) is 4.39 Å². The van der Waals surface area contributed by atoms with Gasteiger partial charge in [-0.05, 0) is 55.2 Å². The molecule has 9 heteroatoms. The quantitative estimate of drug-likeness (QED) is 0.752. The second-order valence-corrected chi connectivity index (χ2v) is 9.75. The first-order valence-electron chi connectivity index (χ1n) is 9.40. The molecule has 0 aromatic heterocycles. The highest BCUT2D eigenvalue weighted by atomic mass is 35.5. The lowest BCUT2D eigenvalue weighted by Crippen LogP contribution is -2.49. The van der Waals surface area contributed by atoms with E-state index in [9.17, 15) is 22.7 Å². The fourth-order valence-electron chi connectivity index (χ4n) is 4.02. The van der Waals surface area contributed by atoms with Gasteiger partial charge in [-0.15, -0.1) is 0 Å². The highest BCUT2D eigenvalue weighted by molar-refractivity contribution is 7.89. The fraction of sp³-hybridized carbons (Fsp3) is 0.381. The smallest absolute Gasteiger partial charge is 0.322 e. The molecular weight excluding hydrogens is 433 g/mol. The van der Waals surface area contributed by atoms with E-state index >= 15 is 0 Å². The zero-order valence-electron chi connectivity index (χ0n) is 17.1. The van der Waals surface area contributed by atoms with Crippen LogP contribution < -0.4 is 4.74 Å². The van der Waals surface area contributed by atoms with Gasteiger partial charge in [-0.2, -0.15) is 4.31 Å². The molecular formula is C21H23ClFNO5S. The predicted octanol–water partition coefficient (Wildman–Crippen LogP) is 4.04. The van der Waals surface area contributed by atoms with Gasteiger partial charge in [0.05, 0.1) is 0 Å². The molecule has 0 saturated heterocycles. The zero-order chi connectivity index (χ0) is 22.4. The Labute approximate surface area is 180 Å². The van der Waals surface area contributed by atoms with Crippen molar-refractivity contribution in [3.8, 4) is 5.75 Å². The molecule has 0 aliphatic carbocycles. The lowest BCUT2D eigenvalue weighted by Gasteiger charge is -2.32. The van der Waals surface area contributed by atoms with E-state index in [1.54, 1.807) is 26.8 Å². The Bertz CT molecular complexity index is 1120. The third kappa shape index (κ3) is 3.79. The average molecular weight is 456 g/mol. The van der Waals surface area contributed by atoms with Crippen LogP contribution in [0.2, 0.25) is 5.02 Å². The Kier molecular flexibility index (Phi) is 6.13. The number of fused-ring (bicyclic) bond motifs is 1. The number of benzene rings is 2. The van der Waals surface area contributed by atoms with Crippen molar-refractivity contribution in [3.05, 3.63) is 57.4 Å². The highest BCUT2D eigenvalue weighted by Gasteiger charge is 2.44. The van der Waals surface area contributed by atoms with Gasteiger partial charge in [-0.1, -0.05) is 24.6 Å². The molecule has 2 aromatic rings. The molecule has 1 aliphatic heterocycles. The molecule has 2 atom stereocenters. The molecule has 1 heterocycles. The summed E-state index contributed by atoms with van der Waals surface area (Å²) in [7, 11) is -4.25. The van der Waals surface area contributed by atoms with Gasteiger partial charge >= 0.3 is 5.97 Å². The molecule has 0 saturated carbocycles. The molecule has 2 aromatic carbocycles. The summed E-state index contributed by atoms with van der Waals surface area (Å²) in [6, 6.07) is 4.24. The van der Waals surface area contributed by atoms with Gasteiger partial charge in [-0.3, -0.25) is 4.79 Å². The third-order valence-electron chi connectivity index (χ3n) is 5.57. The predicted molar refractivity (Wildman–Crippen MR) is 111 cm³/mol. The maximum atomic E-state index is 14.7. The number of hydrogen-bond acceptors (Lipinski definition) is 4. The molecule has 0 radical (unpaired) electrons. The van der Waals surface area contributed by atoms with Gasteiger partial charge in [0.2, 0.25) is 10.0 Å². The monoisotopic (exact) mass is 455 g/mol. The first kappa shape index (κ1) is 22.5. The van der Waals surface area contributed by atoms with Crippen LogP contribution >= 0.6 is 11.6 Å². The van der Waals surface area contributed by atoms with Crippen molar-refractivity contribution < 1.29 is 27.4 Å². The van der Waals surface area contributed by atoms with E-state index in [1.165, 1.54) is 25.1 Å². The SMILES string of the molecule is Cc1ccc(F)c(C(C)[C@@H](C(=O)O)N2CCOc3cc(Cl)cc(C)c3S2(=O)=O)c1C. The van der Waals surface area contributed by atoms with Crippen LogP contribution in [0.25, 0.3) is 0 Å². The van der Waals surface area contributed by atoms with Gasteiger partial charge in [-0.25, -0.2) is 12.8 Å². The van der Waals surface area contributed by atoms with Gasteiger partial charge in [0.25, 0.3) is 0 Å². The second kappa shape index (κ2) is 8.17. The summed E-state index contributed by atoms with van der Waals surface area (Å²) in [6.07, 6.45) is 0. The van der Waals surface area contributed by atoms with Crippen molar-refractivity contribution in [2.75, 3.05) is 13.2 Å². The van der Waals surface area contributed by atoms with Crippen molar-refractivity contribution in [1.29, 1.82) is 0 Å². The maximum Gasteiger partial charge on any atom is 0.322 e. The van der Waals surface area contributed by atoms with Crippen LogP contribution in [0.15, 0.2) is 29.2 Å². The van der Waals surface area contributed by atoms with Crippen molar-refractivity contribution in [2.24, 2.45) is 0 Å². The molecule has 0 bridgehead atoms. The first-order chi connectivity index (χ1) is 14.0. The van der Waals surface area contributed by atoms with E-state index < -0.39 is 33.8 Å². The molecule has 1 N–H and O–H groups in total. The molecule has 0 amide bonds. The number of hydrogen-bond donors (Lipinski definition) is 1. The minimum Gasteiger partial charge on any atom is -0.491 e. The summed E-state index contributed by atoms with van der Waals surface area (Å²) in [5.74, 6) is -2.78. The van der Waals surface area contributed by atoms with E-state index in [-0.39, 0.29) is 29.4 Å². The Balaban J connectivity index is 2.18. The van der Waals surface area contributed by atoms with E-state index in [0.717, 1.165) is 9.87 Å². The Morgan fingerprint density at radius 1 is 1.23 bits per heavy atom. The molecule has 1 aliphatic rings. The van der Waals surface area contributed by atoms with Crippen LogP contribution in [0.3, 0.4) is 0 Å². The summed E-state index contributed by atoms with van der Waals surface area (Å²) in [5.41, 5.74) is 1.93. The lowest BCUT2D eigenvalue weighted by molar-refractivity contribution is -0.142. The Hall–Kier alpha value is -2.16. The maximum absolute atomic E-state index is 14.7. The van der Waals surface area contributed by atoms with Crippen LogP contribution in [0.5, 0.6) is 5.75 Å². The normalized spacial score (nSPS) is 18.1. The summed E-state index contributed by atoms with van der Waals surface area (Å²) >= 11 is 6.03. The molecule has 0 spiro atoms. The van der Waals surface area contributed by atoms with Crippen molar-refractivity contribution >= 4 is 27.6 Å². The number of ether oxygens (including phenoxy) is 1. The minimum atomic E-state index is -4.25. The minimum absolute atomic E-state index is 0.0577. The number of halogens is 2. The lowest BCUT2D eigenvalue weighted by atomic mass is 9.87. The second-order valence-electron chi connectivity index (χ2n) is 7.49. The number of aliphatic carboxylic acids is 1. The fourth-order valence-corrected chi connectivity index (χ4v) is 6.24. The van der Waals surface area contributed by atoms with E-state index in [1.807, 2.05) is 0 Å². The summed E-state index contributed by atoms with van der Waals surface area (Å²) in [4.78, 5) is 12.2. The van der Waals surface area contributed by atoms with Crippen LogP contribution in [0, 0.1) is 26.6 Å². The summed E-state index contributed by atoms with van der Waals surface area (Å²) < 4.78 is 48.2. The van der Waals surface area contributed by atoms with Crippen molar-refractivity contribution in [2.45, 2.75) is 44.6 Å². The van der Waals surface area contributed by atoms with Crippen LogP contribution in [0.1, 0.15) is 35.1 Å². The van der Waals surface area contributed by atoms with Gasteiger partial charge in [0, 0.05) is 23.6 Å². The largest absolute Gasteiger partial charge is 0.491 e. The molecule has 3 rings (SSSR count). The number of carbonyl (C=O) groups is 1. The van der Waals surface area contributed by atoms with Crippen LogP contribution in [-0.4, -0.2) is 43.0 Å². The number of carboxylic acids is 1. The Morgan fingerprint density at radius 3 is 2.53 bits per heavy atom. The van der Waals surface area contributed by atoms with E-state index in [0.29, 0.717) is 16.1 Å². The van der Waals surface area contributed by atoms with Crippen LogP contribution in [-0.2, 0) is 14.8 Å². The van der Waals surface area contributed by atoms with Gasteiger partial charge in [0.15, 0.2) is 0 Å². The summed E-state index contributed by atoms with van der Waals surface area (Å²) in [5, 5.41) is 10.3. The molecule has 6 nitrogen and oxygen atoms in total. The highest BCUT2D eigenvalue weighted by Crippen LogP contribution is 2.38.